The number of rotatable bonds is 19. The molecule has 0 bridgehead atoms. The molecule has 228 valence electrons. The second kappa shape index (κ2) is 18.8. The van der Waals surface area contributed by atoms with Crippen LogP contribution in [-0.4, -0.2) is 54.8 Å². The number of ether oxygens (including phenoxy) is 1. The summed E-state index contributed by atoms with van der Waals surface area (Å²) in [4.78, 5) is 54.1. The molecule has 3 atom stereocenters. The number of hydrogen-bond acceptors (Lipinski definition) is 7. The summed E-state index contributed by atoms with van der Waals surface area (Å²) >= 11 is 0. The Kier molecular flexibility index (Phi) is 15.1. The van der Waals surface area contributed by atoms with E-state index in [0.717, 1.165) is 11.1 Å². The molecule has 0 aliphatic heterocycles. The summed E-state index contributed by atoms with van der Waals surface area (Å²) in [6.07, 6.45) is 1.87. The Bertz CT molecular complexity index is 1160. The highest BCUT2D eigenvalue weighted by Gasteiger charge is 2.28. The van der Waals surface area contributed by atoms with Gasteiger partial charge in [0.1, 0.15) is 18.4 Å². The molecule has 0 saturated heterocycles. The van der Waals surface area contributed by atoms with Crippen LogP contribution in [-0.2, 0) is 32.1 Å². The fourth-order valence-corrected chi connectivity index (χ4v) is 4.24. The van der Waals surface area contributed by atoms with E-state index in [1.807, 2.05) is 60.7 Å². The number of primary amides is 1. The highest BCUT2D eigenvalue weighted by Crippen LogP contribution is 2.16. The van der Waals surface area contributed by atoms with Gasteiger partial charge in [0, 0.05) is 25.4 Å². The molecule has 2 aromatic carbocycles. The molecule has 0 heterocycles. The van der Waals surface area contributed by atoms with Crippen LogP contribution in [0.15, 0.2) is 65.7 Å². The first-order valence-electron chi connectivity index (χ1n) is 14.1. The second-order valence-electron chi connectivity index (χ2n) is 10.1. The first kappa shape index (κ1) is 33.8. The average molecular weight is 582 g/mol. The first-order chi connectivity index (χ1) is 20.2. The third-order valence-corrected chi connectivity index (χ3v) is 6.59. The number of Topliss-reactive ketones (excluding diaryl/α,β-unsaturated/α-hetero) is 1. The van der Waals surface area contributed by atoms with Gasteiger partial charge >= 0.3 is 6.09 Å². The number of amides is 3. The number of aliphatic imine (C=N–C) groups is 1. The minimum Gasteiger partial charge on any atom is -0.445 e. The quantitative estimate of drug-likeness (QED) is 0.0803. The van der Waals surface area contributed by atoms with Gasteiger partial charge in [0.05, 0.1) is 6.04 Å². The van der Waals surface area contributed by atoms with Crippen molar-refractivity contribution in [1.29, 1.82) is 0 Å². The normalized spacial score (nSPS) is 12.8. The van der Waals surface area contributed by atoms with Crippen LogP contribution in [0.25, 0.3) is 0 Å². The molecule has 0 radical (unpaired) electrons. The molecule has 3 amide bonds. The molecule has 12 heteroatoms. The third kappa shape index (κ3) is 13.8. The predicted molar refractivity (Wildman–Crippen MR) is 161 cm³/mol. The average Bonchev–Trinajstić information content (AvgIpc) is 2.97. The van der Waals surface area contributed by atoms with Crippen molar-refractivity contribution >= 4 is 29.7 Å². The third-order valence-electron chi connectivity index (χ3n) is 6.59. The molecule has 0 spiro atoms. The molecular formula is C30H43N7O5. The number of ketones is 1. The van der Waals surface area contributed by atoms with Gasteiger partial charge in [0.2, 0.25) is 11.8 Å². The largest absolute Gasteiger partial charge is 0.445 e. The summed E-state index contributed by atoms with van der Waals surface area (Å²) in [5.74, 6) is -2.18. The molecule has 0 aromatic heterocycles. The number of nitrogens with one attached hydrogen (secondary N) is 2. The number of benzene rings is 2. The predicted octanol–water partition coefficient (Wildman–Crippen LogP) is 1.25. The van der Waals surface area contributed by atoms with Crippen LogP contribution in [0.1, 0.15) is 49.7 Å². The Balaban J connectivity index is 1.86. The van der Waals surface area contributed by atoms with Crippen molar-refractivity contribution in [1.82, 2.24) is 10.6 Å². The number of guanidine groups is 1. The molecule has 2 aromatic rings. The summed E-state index contributed by atoms with van der Waals surface area (Å²) in [5, 5.41) is 5.38. The fourth-order valence-electron chi connectivity index (χ4n) is 4.24. The highest BCUT2D eigenvalue weighted by molar-refractivity contribution is 5.92. The minimum atomic E-state index is -0.927. The number of hydrogen-bond donors (Lipinski definition) is 6. The Labute approximate surface area is 246 Å². The van der Waals surface area contributed by atoms with Crippen molar-refractivity contribution in [2.24, 2.45) is 33.8 Å². The Hall–Kier alpha value is -4.45. The van der Waals surface area contributed by atoms with Crippen LogP contribution in [0.5, 0.6) is 0 Å². The van der Waals surface area contributed by atoms with E-state index in [1.165, 1.54) is 0 Å². The Morgan fingerprint density at radius 3 is 2.10 bits per heavy atom. The van der Waals surface area contributed by atoms with E-state index < -0.39 is 35.9 Å². The molecule has 12 nitrogen and oxygen atoms in total. The zero-order chi connectivity index (χ0) is 30.7. The zero-order valence-electron chi connectivity index (χ0n) is 23.9. The van der Waals surface area contributed by atoms with Gasteiger partial charge in [0.15, 0.2) is 5.96 Å². The van der Waals surface area contributed by atoms with E-state index in [4.69, 9.17) is 27.7 Å². The minimum absolute atomic E-state index is 0.0314. The van der Waals surface area contributed by atoms with Crippen molar-refractivity contribution < 1.29 is 23.9 Å². The van der Waals surface area contributed by atoms with Crippen LogP contribution in [0, 0.1) is 5.92 Å². The van der Waals surface area contributed by atoms with Crippen molar-refractivity contribution in [3.8, 4) is 0 Å². The van der Waals surface area contributed by atoms with Crippen LogP contribution >= 0.6 is 0 Å². The Morgan fingerprint density at radius 2 is 1.48 bits per heavy atom. The number of carbonyl (C=O) groups is 4. The van der Waals surface area contributed by atoms with E-state index in [-0.39, 0.29) is 31.2 Å². The zero-order valence-corrected chi connectivity index (χ0v) is 23.9. The SMILES string of the molecule is NC(=O)[C@H](CCCCNC(=O)OCc1ccccc1)NC(=O)[C@@H](CC(=O)[C@@H](N)CCCN=C(N)N)Cc1ccccc1. The number of nitrogens with zero attached hydrogens (tertiary/aromatic N) is 1. The maximum Gasteiger partial charge on any atom is 0.407 e. The summed E-state index contributed by atoms with van der Waals surface area (Å²) in [6.45, 7) is 0.846. The summed E-state index contributed by atoms with van der Waals surface area (Å²) in [7, 11) is 0. The number of alkyl carbamates (subject to hydrolysis) is 1. The maximum absolute atomic E-state index is 13.3. The van der Waals surface area contributed by atoms with Gasteiger partial charge in [-0.05, 0) is 49.7 Å². The van der Waals surface area contributed by atoms with Gasteiger partial charge in [-0.1, -0.05) is 60.7 Å². The molecule has 10 N–H and O–H groups in total. The molecule has 0 saturated carbocycles. The smallest absolute Gasteiger partial charge is 0.407 e. The van der Waals surface area contributed by atoms with Crippen molar-refractivity contribution in [2.75, 3.05) is 13.1 Å². The van der Waals surface area contributed by atoms with Crippen LogP contribution in [0.3, 0.4) is 0 Å². The van der Waals surface area contributed by atoms with E-state index in [2.05, 4.69) is 15.6 Å². The molecule has 42 heavy (non-hydrogen) atoms. The first-order valence-corrected chi connectivity index (χ1v) is 14.1. The molecule has 0 unspecified atom stereocenters. The molecule has 0 fully saturated rings. The van der Waals surface area contributed by atoms with Gasteiger partial charge in [-0.2, -0.15) is 0 Å². The summed E-state index contributed by atoms with van der Waals surface area (Å²) in [6, 6.07) is 16.9. The van der Waals surface area contributed by atoms with Gasteiger partial charge in [0.25, 0.3) is 0 Å². The van der Waals surface area contributed by atoms with Crippen molar-refractivity contribution in [3.05, 3.63) is 71.8 Å². The lowest BCUT2D eigenvalue weighted by molar-refractivity contribution is -0.132. The summed E-state index contributed by atoms with van der Waals surface area (Å²) < 4.78 is 5.17. The fraction of sp³-hybridized carbons (Fsp3) is 0.433. The van der Waals surface area contributed by atoms with Crippen molar-refractivity contribution in [3.63, 3.8) is 0 Å². The molecule has 0 aliphatic carbocycles. The molecular weight excluding hydrogens is 538 g/mol. The topological polar surface area (TPSA) is 218 Å². The number of carbonyl (C=O) groups excluding carboxylic acids is 4. The maximum atomic E-state index is 13.3. The van der Waals surface area contributed by atoms with E-state index >= 15 is 0 Å². The van der Waals surface area contributed by atoms with Crippen molar-refractivity contribution in [2.45, 2.75) is 63.6 Å². The lowest BCUT2D eigenvalue weighted by atomic mass is 9.90. The van der Waals surface area contributed by atoms with Gasteiger partial charge < -0.3 is 38.3 Å². The highest BCUT2D eigenvalue weighted by atomic mass is 16.5. The standard InChI is InChI=1S/C30H43N7O5/c31-24(14-9-17-35-29(33)34)26(38)19-23(18-21-10-3-1-4-11-21)28(40)37-25(27(32)39)15-7-8-16-36-30(41)42-20-22-12-5-2-6-13-22/h1-6,10-13,23-25H,7-9,14-20,31H2,(H2,32,39)(H,36,41)(H,37,40)(H4,33,34,35)/t23-,24+,25+/m1/s1. The number of nitrogens with two attached hydrogens (primary N) is 4. The lowest BCUT2D eigenvalue weighted by Crippen LogP contribution is -2.47. The summed E-state index contributed by atoms with van der Waals surface area (Å²) in [5.41, 5.74) is 24.0. The van der Waals surface area contributed by atoms with Crippen LogP contribution < -0.4 is 33.6 Å². The van der Waals surface area contributed by atoms with Gasteiger partial charge in [-0.15, -0.1) is 0 Å². The Morgan fingerprint density at radius 1 is 0.833 bits per heavy atom. The van der Waals surface area contributed by atoms with E-state index in [9.17, 15) is 19.2 Å². The van der Waals surface area contributed by atoms with Crippen LogP contribution in [0.4, 0.5) is 4.79 Å². The second-order valence-corrected chi connectivity index (χ2v) is 10.1. The van der Waals surface area contributed by atoms with E-state index in [1.54, 1.807) is 0 Å². The van der Waals surface area contributed by atoms with E-state index in [0.29, 0.717) is 45.2 Å². The van der Waals surface area contributed by atoms with Gasteiger partial charge in [-0.3, -0.25) is 19.4 Å². The molecule has 2 rings (SSSR count). The van der Waals surface area contributed by atoms with Gasteiger partial charge in [-0.25, -0.2) is 4.79 Å². The monoisotopic (exact) mass is 581 g/mol. The number of unbranched alkanes of at least 4 members (excludes halogenated alkanes) is 1. The van der Waals surface area contributed by atoms with Crippen LogP contribution in [0.2, 0.25) is 0 Å². The lowest BCUT2D eigenvalue weighted by Gasteiger charge is -2.22. The molecule has 0 aliphatic rings.